The van der Waals surface area contributed by atoms with Crippen molar-refractivity contribution in [3.05, 3.63) is 23.9 Å². The van der Waals surface area contributed by atoms with Gasteiger partial charge in [0.25, 0.3) is 0 Å². The molecule has 3 heteroatoms. The van der Waals surface area contributed by atoms with E-state index in [9.17, 15) is 0 Å². The lowest BCUT2D eigenvalue weighted by Crippen LogP contribution is -1.99. The van der Waals surface area contributed by atoms with Crippen molar-refractivity contribution < 1.29 is 0 Å². The predicted molar refractivity (Wildman–Crippen MR) is 57.9 cm³/mol. The minimum atomic E-state index is 0.592. The van der Waals surface area contributed by atoms with Crippen LogP contribution in [0.4, 0.5) is 5.82 Å². The van der Waals surface area contributed by atoms with Crippen LogP contribution in [-0.4, -0.2) is 9.81 Å². The Bertz CT molecular complexity index is 314. The Balaban J connectivity index is 2.15. The van der Waals surface area contributed by atoms with Gasteiger partial charge in [-0.3, -0.25) is 0 Å². The van der Waals surface area contributed by atoms with Crippen molar-refractivity contribution in [2.45, 2.75) is 24.1 Å². The molecule has 0 saturated heterocycles. The van der Waals surface area contributed by atoms with Crippen LogP contribution in [0.25, 0.3) is 0 Å². The van der Waals surface area contributed by atoms with Crippen molar-refractivity contribution in [1.82, 2.24) is 4.98 Å². The van der Waals surface area contributed by atoms with E-state index in [2.05, 4.69) is 33.9 Å². The Morgan fingerprint density at radius 2 is 2.38 bits per heavy atom. The van der Waals surface area contributed by atoms with E-state index in [4.69, 9.17) is 5.73 Å². The third-order valence-corrected chi connectivity index (χ3v) is 3.78. The molecular formula is C10H13BrN2. The molecule has 1 aromatic rings. The molecule has 13 heavy (non-hydrogen) atoms. The van der Waals surface area contributed by atoms with Gasteiger partial charge in [0.15, 0.2) is 0 Å². The van der Waals surface area contributed by atoms with E-state index in [1.54, 1.807) is 6.20 Å². The van der Waals surface area contributed by atoms with Crippen molar-refractivity contribution in [1.29, 1.82) is 0 Å². The number of hydrogen-bond donors (Lipinski definition) is 1. The molecule has 1 fully saturated rings. The second-order valence-corrected chi connectivity index (χ2v) is 4.89. The molecule has 70 valence electrons. The van der Waals surface area contributed by atoms with Gasteiger partial charge in [-0.05, 0) is 36.0 Å². The molecule has 2 rings (SSSR count). The Hall–Kier alpha value is -0.570. The Labute approximate surface area is 86.7 Å². The summed E-state index contributed by atoms with van der Waals surface area (Å²) in [5.41, 5.74) is 6.93. The zero-order valence-corrected chi connectivity index (χ0v) is 9.16. The number of nitrogen functional groups attached to an aromatic ring is 1. The fourth-order valence-electron chi connectivity index (χ4n) is 1.69. The summed E-state index contributed by atoms with van der Waals surface area (Å²) in [4.78, 5) is 4.69. The molecule has 1 aliphatic rings. The first-order chi connectivity index (χ1) is 6.18. The van der Waals surface area contributed by atoms with E-state index < -0.39 is 0 Å². The fourth-order valence-corrected chi connectivity index (χ4v) is 2.58. The molecule has 0 aromatic carbocycles. The SMILES string of the molecule is CC(c1ccnc(N)c1)C1CC1Br. The summed E-state index contributed by atoms with van der Waals surface area (Å²) in [5.74, 6) is 1.99. The number of pyridine rings is 1. The topological polar surface area (TPSA) is 38.9 Å². The van der Waals surface area contributed by atoms with Crippen LogP contribution in [0, 0.1) is 5.92 Å². The van der Waals surface area contributed by atoms with Crippen molar-refractivity contribution in [3.63, 3.8) is 0 Å². The van der Waals surface area contributed by atoms with Crippen LogP contribution < -0.4 is 5.73 Å². The number of anilines is 1. The molecular weight excluding hydrogens is 228 g/mol. The van der Waals surface area contributed by atoms with Crippen molar-refractivity contribution >= 4 is 21.7 Å². The summed E-state index contributed by atoms with van der Waals surface area (Å²) in [6.07, 6.45) is 3.07. The number of halogens is 1. The second-order valence-electron chi connectivity index (χ2n) is 3.72. The molecule has 1 saturated carbocycles. The van der Waals surface area contributed by atoms with Gasteiger partial charge in [-0.15, -0.1) is 0 Å². The average molecular weight is 241 g/mol. The van der Waals surface area contributed by atoms with Gasteiger partial charge in [-0.25, -0.2) is 4.98 Å². The lowest BCUT2D eigenvalue weighted by Gasteiger charge is -2.10. The van der Waals surface area contributed by atoms with Gasteiger partial charge in [0.2, 0.25) is 0 Å². The predicted octanol–water partition coefficient (Wildman–Crippen LogP) is 2.55. The zero-order chi connectivity index (χ0) is 9.42. The summed E-state index contributed by atoms with van der Waals surface area (Å²) in [6.45, 7) is 2.25. The maximum Gasteiger partial charge on any atom is 0.123 e. The van der Waals surface area contributed by atoms with Crippen LogP contribution in [0.3, 0.4) is 0 Å². The van der Waals surface area contributed by atoms with Crippen molar-refractivity contribution in [2.75, 3.05) is 5.73 Å². The normalized spacial score (nSPS) is 28.5. The van der Waals surface area contributed by atoms with Gasteiger partial charge in [-0.2, -0.15) is 0 Å². The van der Waals surface area contributed by atoms with E-state index in [-0.39, 0.29) is 0 Å². The molecule has 0 amide bonds. The smallest absolute Gasteiger partial charge is 0.123 e. The zero-order valence-electron chi connectivity index (χ0n) is 7.57. The highest BCUT2D eigenvalue weighted by atomic mass is 79.9. The van der Waals surface area contributed by atoms with Crippen LogP contribution >= 0.6 is 15.9 Å². The summed E-state index contributed by atoms with van der Waals surface area (Å²) >= 11 is 3.62. The lowest BCUT2D eigenvalue weighted by atomic mass is 9.97. The first-order valence-corrected chi connectivity index (χ1v) is 5.45. The van der Waals surface area contributed by atoms with E-state index in [1.807, 2.05) is 6.07 Å². The largest absolute Gasteiger partial charge is 0.384 e. The molecule has 2 nitrogen and oxygen atoms in total. The third-order valence-electron chi connectivity index (χ3n) is 2.73. The van der Waals surface area contributed by atoms with Gasteiger partial charge >= 0.3 is 0 Å². The Morgan fingerprint density at radius 1 is 1.69 bits per heavy atom. The summed E-state index contributed by atoms with van der Waals surface area (Å²) in [6, 6.07) is 4.03. The maximum atomic E-state index is 5.63. The van der Waals surface area contributed by atoms with Crippen LogP contribution in [0.1, 0.15) is 24.8 Å². The lowest BCUT2D eigenvalue weighted by molar-refractivity contribution is 0.667. The maximum absolute atomic E-state index is 5.63. The Morgan fingerprint density at radius 3 is 2.92 bits per heavy atom. The van der Waals surface area contributed by atoms with Gasteiger partial charge in [0.05, 0.1) is 0 Å². The molecule has 0 radical (unpaired) electrons. The van der Waals surface area contributed by atoms with E-state index in [0.717, 1.165) is 5.92 Å². The molecule has 3 atom stereocenters. The van der Waals surface area contributed by atoms with Gasteiger partial charge in [-0.1, -0.05) is 22.9 Å². The highest BCUT2D eigenvalue weighted by molar-refractivity contribution is 9.09. The number of aromatic nitrogens is 1. The second kappa shape index (κ2) is 3.29. The molecule has 2 N–H and O–H groups in total. The quantitative estimate of drug-likeness (QED) is 0.808. The molecule has 0 aliphatic heterocycles. The summed E-state index contributed by atoms with van der Waals surface area (Å²) in [7, 11) is 0. The minimum absolute atomic E-state index is 0.592. The number of alkyl halides is 1. The third kappa shape index (κ3) is 1.85. The average Bonchev–Trinajstić information content (AvgIpc) is 2.81. The van der Waals surface area contributed by atoms with E-state index in [0.29, 0.717) is 16.6 Å². The molecule has 0 bridgehead atoms. The summed E-state index contributed by atoms with van der Waals surface area (Å²) in [5, 5.41) is 0. The number of nitrogens with two attached hydrogens (primary N) is 1. The van der Waals surface area contributed by atoms with Crippen LogP contribution in [-0.2, 0) is 0 Å². The van der Waals surface area contributed by atoms with Crippen molar-refractivity contribution in [3.8, 4) is 0 Å². The van der Waals surface area contributed by atoms with E-state index >= 15 is 0 Å². The van der Waals surface area contributed by atoms with Crippen LogP contribution in [0.2, 0.25) is 0 Å². The van der Waals surface area contributed by atoms with Crippen molar-refractivity contribution in [2.24, 2.45) is 5.92 Å². The molecule has 1 aromatic heterocycles. The van der Waals surface area contributed by atoms with Gasteiger partial charge in [0.1, 0.15) is 5.82 Å². The summed E-state index contributed by atoms with van der Waals surface area (Å²) < 4.78 is 0. The van der Waals surface area contributed by atoms with E-state index in [1.165, 1.54) is 12.0 Å². The minimum Gasteiger partial charge on any atom is -0.384 e. The first kappa shape index (κ1) is 9.00. The highest BCUT2D eigenvalue weighted by Gasteiger charge is 2.39. The fraction of sp³-hybridized carbons (Fsp3) is 0.500. The van der Waals surface area contributed by atoms with Crippen LogP contribution in [0.5, 0.6) is 0 Å². The molecule has 0 spiro atoms. The van der Waals surface area contributed by atoms with Crippen LogP contribution in [0.15, 0.2) is 18.3 Å². The first-order valence-electron chi connectivity index (χ1n) is 4.54. The van der Waals surface area contributed by atoms with Gasteiger partial charge in [0, 0.05) is 11.0 Å². The molecule has 1 heterocycles. The monoisotopic (exact) mass is 240 g/mol. The standard InChI is InChI=1S/C10H13BrN2/c1-6(8-5-9(8)11)7-2-3-13-10(12)4-7/h2-4,6,8-9H,5H2,1H3,(H2,12,13). The highest BCUT2D eigenvalue weighted by Crippen LogP contribution is 2.47. The molecule has 1 aliphatic carbocycles. The van der Waals surface area contributed by atoms with Gasteiger partial charge < -0.3 is 5.73 Å². The number of nitrogens with zero attached hydrogens (tertiary/aromatic N) is 1. The molecule has 3 unspecified atom stereocenters. The number of rotatable bonds is 2. The number of hydrogen-bond acceptors (Lipinski definition) is 2. The Kier molecular flexibility index (Phi) is 2.28.